The van der Waals surface area contributed by atoms with E-state index in [1.165, 1.54) is 12.1 Å². The maximum atomic E-state index is 11.3. The molecule has 1 atom stereocenters. The van der Waals surface area contributed by atoms with Crippen molar-refractivity contribution in [2.75, 3.05) is 6.54 Å². The van der Waals surface area contributed by atoms with E-state index in [-0.39, 0.29) is 23.9 Å². The van der Waals surface area contributed by atoms with Gasteiger partial charge in [-0.25, -0.2) is 4.79 Å². The smallest absolute Gasteiger partial charge is 0.370 e. The summed E-state index contributed by atoms with van der Waals surface area (Å²) in [5.41, 5.74) is 0.253. The van der Waals surface area contributed by atoms with Gasteiger partial charge in [0.2, 0.25) is 5.54 Å². The highest BCUT2D eigenvalue weighted by molar-refractivity contribution is 5.79. The molecule has 0 saturated carbocycles. The van der Waals surface area contributed by atoms with Gasteiger partial charge in [0, 0.05) is 18.9 Å². The van der Waals surface area contributed by atoms with Gasteiger partial charge in [-0.2, -0.15) is 0 Å². The Hall–Kier alpha value is -1.46. The van der Waals surface area contributed by atoms with Crippen molar-refractivity contribution in [3.8, 4) is 11.5 Å². The van der Waals surface area contributed by atoms with E-state index in [9.17, 15) is 20.1 Å². The normalized spacial score (nSPS) is 22.4. The molecular weight excluding hydrogens is 246 g/mol. The molecule has 1 aliphatic heterocycles. The molecule has 0 bridgehead atoms. The number of phenols is 2. The molecule has 17 heavy (non-hydrogen) atoms. The van der Waals surface area contributed by atoms with Crippen LogP contribution in [0.1, 0.15) is 18.1 Å². The third-order valence-corrected chi connectivity index (χ3v) is 3.17. The molecular formula is C11H14ClNO4. The molecule has 2 rings (SSSR count). The van der Waals surface area contributed by atoms with Gasteiger partial charge < -0.3 is 33.0 Å². The summed E-state index contributed by atoms with van der Waals surface area (Å²) in [6.07, 6.45) is 0.687. The lowest BCUT2D eigenvalue weighted by Gasteiger charge is -2.30. The molecule has 0 aliphatic carbocycles. The molecule has 1 aromatic carbocycles. The number of aromatic hydroxyl groups is 2. The third kappa shape index (κ3) is 2.03. The fourth-order valence-electron chi connectivity index (χ4n) is 2.14. The summed E-state index contributed by atoms with van der Waals surface area (Å²) in [6, 6.07) is 2.79. The lowest BCUT2D eigenvalue weighted by molar-refractivity contribution is -0.722. The molecule has 0 aromatic heterocycles. The maximum absolute atomic E-state index is 11.3. The summed E-state index contributed by atoms with van der Waals surface area (Å²) in [6.45, 7) is 2.25. The van der Waals surface area contributed by atoms with Crippen molar-refractivity contribution in [2.45, 2.75) is 18.9 Å². The molecule has 1 aromatic rings. The number of halogens is 1. The van der Waals surface area contributed by atoms with E-state index in [0.29, 0.717) is 18.5 Å². The summed E-state index contributed by atoms with van der Waals surface area (Å²) in [5.74, 6) is -1.42. The number of fused-ring (bicyclic) bond motifs is 1. The van der Waals surface area contributed by atoms with Crippen LogP contribution >= 0.6 is 0 Å². The largest absolute Gasteiger partial charge is 1.00 e. The summed E-state index contributed by atoms with van der Waals surface area (Å²) in [7, 11) is 0. The molecule has 0 saturated heterocycles. The SMILES string of the molecule is C[C@]1(C(=O)O)[NH2+]CCc2cc(O)c(O)cc21.[Cl-]. The van der Waals surface area contributed by atoms with Crippen molar-refractivity contribution in [3.05, 3.63) is 23.3 Å². The highest BCUT2D eigenvalue weighted by Crippen LogP contribution is 2.34. The standard InChI is InChI=1S/C11H13NO4.ClH/c1-11(10(15)16)7-5-9(14)8(13)4-6(7)2-3-12-11;/h4-5,12-14H,2-3H2,1H3,(H,15,16);1H/t11-;/m0./s1. The van der Waals surface area contributed by atoms with E-state index in [1.807, 2.05) is 0 Å². The van der Waals surface area contributed by atoms with Crippen LogP contribution in [0.25, 0.3) is 0 Å². The van der Waals surface area contributed by atoms with E-state index >= 15 is 0 Å². The van der Waals surface area contributed by atoms with Gasteiger partial charge in [-0.3, -0.25) is 0 Å². The van der Waals surface area contributed by atoms with E-state index in [0.717, 1.165) is 5.56 Å². The van der Waals surface area contributed by atoms with Crippen LogP contribution in [0.3, 0.4) is 0 Å². The van der Waals surface area contributed by atoms with Gasteiger partial charge in [0.15, 0.2) is 11.5 Å². The highest BCUT2D eigenvalue weighted by atomic mass is 35.5. The van der Waals surface area contributed by atoms with E-state index in [2.05, 4.69) is 0 Å². The van der Waals surface area contributed by atoms with Gasteiger partial charge in [0.05, 0.1) is 6.54 Å². The number of aliphatic carboxylic acids is 1. The zero-order valence-corrected chi connectivity index (χ0v) is 10.0. The van der Waals surface area contributed by atoms with Crippen molar-refractivity contribution < 1.29 is 37.8 Å². The van der Waals surface area contributed by atoms with Crippen molar-refractivity contribution in [2.24, 2.45) is 0 Å². The maximum Gasteiger partial charge on any atom is 0.370 e. The number of nitrogens with two attached hydrogens (primary N) is 1. The van der Waals surface area contributed by atoms with Crippen LogP contribution in [0.2, 0.25) is 0 Å². The average Bonchev–Trinajstić information content (AvgIpc) is 2.21. The lowest BCUT2D eigenvalue weighted by Crippen LogP contribution is -3.00. The molecule has 94 valence electrons. The third-order valence-electron chi connectivity index (χ3n) is 3.17. The molecule has 1 heterocycles. The van der Waals surface area contributed by atoms with Crippen LogP contribution in [0.15, 0.2) is 12.1 Å². The summed E-state index contributed by atoms with van der Waals surface area (Å²) in [5, 5.41) is 29.8. The number of benzene rings is 1. The number of hydrogen-bond acceptors (Lipinski definition) is 3. The van der Waals surface area contributed by atoms with Gasteiger partial charge in [0.1, 0.15) is 0 Å². The predicted octanol–water partition coefficient (Wildman–Crippen LogP) is -3.48. The minimum atomic E-state index is -1.08. The molecule has 0 unspecified atom stereocenters. The van der Waals surface area contributed by atoms with E-state index in [4.69, 9.17) is 0 Å². The van der Waals surface area contributed by atoms with Crippen LogP contribution in [0, 0.1) is 0 Å². The summed E-state index contributed by atoms with van der Waals surface area (Å²) >= 11 is 0. The van der Waals surface area contributed by atoms with Crippen LogP contribution in [0.4, 0.5) is 0 Å². The van der Waals surface area contributed by atoms with E-state index in [1.54, 1.807) is 12.2 Å². The monoisotopic (exact) mass is 259 g/mol. The van der Waals surface area contributed by atoms with Crippen LogP contribution in [-0.4, -0.2) is 27.8 Å². The second kappa shape index (κ2) is 4.43. The minimum Gasteiger partial charge on any atom is -1.00 e. The molecule has 0 spiro atoms. The number of carbonyl (C=O) groups is 1. The fourth-order valence-corrected chi connectivity index (χ4v) is 2.14. The Labute approximate surface area is 104 Å². The first-order chi connectivity index (χ1) is 7.45. The first-order valence-electron chi connectivity index (χ1n) is 5.08. The molecule has 0 amide bonds. The number of rotatable bonds is 1. The lowest BCUT2D eigenvalue weighted by atomic mass is 9.83. The van der Waals surface area contributed by atoms with Gasteiger partial charge in [-0.15, -0.1) is 0 Å². The Kier molecular flexibility index (Phi) is 3.54. The first kappa shape index (κ1) is 13.6. The Morgan fingerprint density at radius 2 is 1.94 bits per heavy atom. The Morgan fingerprint density at radius 3 is 2.53 bits per heavy atom. The second-order valence-electron chi connectivity index (χ2n) is 4.25. The van der Waals surface area contributed by atoms with E-state index < -0.39 is 11.5 Å². The molecule has 0 radical (unpaired) electrons. The quantitative estimate of drug-likeness (QED) is 0.394. The van der Waals surface area contributed by atoms with Gasteiger partial charge in [-0.05, 0) is 17.7 Å². The van der Waals surface area contributed by atoms with Crippen LogP contribution in [-0.2, 0) is 16.8 Å². The fraction of sp³-hybridized carbons (Fsp3) is 0.364. The van der Waals surface area contributed by atoms with Crippen LogP contribution in [0.5, 0.6) is 11.5 Å². The minimum absolute atomic E-state index is 0. The molecule has 5 N–H and O–H groups in total. The van der Waals surface area contributed by atoms with Gasteiger partial charge >= 0.3 is 5.97 Å². The van der Waals surface area contributed by atoms with Gasteiger partial charge in [0.25, 0.3) is 0 Å². The summed E-state index contributed by atoms with van der Waals surface area (Å²) in [4.78, 5) is 11.3. The number of hydrogen-bond donors (Lipinski definition) is 4. The molecule has 1 aliphatic rings. The Bertz CT molecular complexity index is 463. The second-order valence-corrected chi connectivity index (χ2v) is 4.25. The van der Waals surface area contributed by atoms with Crippen molar-refractivity contribution in [1.82, 2.24) is 0 Å². The molecule has 0 fully saturated rings. The summed E-state index contributed by atoms with van der Waals surface area (Å²) < 4.78 is 0. The topological polar surface area (TPSA) is 94.4 Å². The van der Waals surface area contributed by atoms with Crippen molar-refractivity contribution in [3.63, 3.8) is 0 Å². The van der Waals surface area contributed by atoms with Crippen LogP contribution < -0.4 is 17.7 Å². The zero-order chi connectivity index (χ0) is 11.9. The number of carboxylic acids is 1. The Morgan fingerprint density at radius 1 is 1.35 bits per heavy atom. The number of carboxylic acid groups (broad SMARTS) is 1. The first-order valence-corrected chi connectivity index (χ1v) is 5.08. The predicted molar refractivity (Wildman–Crippen MR) is 55.3 cm³/mol. The average molecular weight is 260 g/mol. The number of quaternary nitrogens is 1. The zero-order valence-electron chi connectivity index (χ0n) is 9.27. The van der Waals surface area contributed by atoms with Crippen molar-refractivity contribution >= 4 is 5.97 Å². The highest BCUT2D eigenvalue weighted by Gasteiger charge is 2.43. The van der Waals surface area contributed by atoms with Crippen molar-refractivity contribution in [1.29, 1.82) is 0 Å². The van der Waals surface area contributed by atoms with Gasteiger partial charge in [-0.1, -0.05) is 0 Å². The number of phenolic OH excluding ortho intramolecular Hbond substituents is 2. The molecule has 6 heteroatoms. The molecule has 5 nitrogen and oxygen atoms in total. The Balaban J connectivity index is 0.00000144.